The first-order valence-electron chi connectivity index (χ1n) is 4.31. The molecule has 0 radical (unpaired) electrons. The number of rotatable bonds is 3. The Hall–Kier alpha value is -2.18. The minimum atomic E-state index is -0.933. The van der Waals surface area contributed by atoms with E-state index in [0.717, 1.165) is 0 Å². The fourth-order valence-corrected chi connectivity index (χ4v) is 1.16. The molecule has 7 heteroatoms. The van der Waals surface area contributed by atoms with Gasteiger partial charge in [0.25, 0.3) is 0 Å². The molecular weight excluding hydrogens is 198 g/mol. The summed E-state index contributed by atoms with van der Waals surface area (Å²) in [5.41, 5.74) is 0.633. The van der Waals surface area contributed by atoms with Gasteiger partial charge >= 0.3 is 5.97 Å². The summed E-state index contributed by atoms with van der Waals surface area (Å²) in [4.78, 5) is 10.3. The van der Waals surface area contributed by atoms with Crippen LogP contribution in [0.15, 0.2) is 12.1 Å². The van der Waals surface area contributed by atoms with Gasteiger partial charge in [-0.15, -0.1) is 15.3 Å². The maximum atomic E-state index is 10.3. The van der Waals surface area contributed by atoms with E-state index in [9.17, 15) is 4.79 Å². The number of carbonyl (C=O) groups is 1. The number of aryl methyl sites for hydroxylation is 1. The fraction of sp³-hybridized carbons (Fsp3) is 0.250. The van der Waals surface area contributed by atoms with Crippen LogP contribution in [-0.2, 0) is 4.79 Å². The van der Waals surface area contributed by atoms with Gasteiger partial charge in [0.2, 0.25) is 0 Å². The smallest absolute Gasteiger partial charge is 0.322 e. The number of aliphatic carboxylic acids is 1. The Kier molecular flexibility index (Phi) is 2.20. The van der Waals surface area contributed by atoms with E-state index >= 15 is 0 Å². The Labute approximate surface area is 84.7 Å². The SMILES string of the molecule is Cc1nnc2ccc(NCC(=O)O)nn12. The quantitative estimate of drug-likeness (QED) is 0.731. The first kappa shape index (κ1) is 9.38. The van der Waals surface area contributed by atoms with Crippen LogP contribution in [0.5, 0.6) is 0 Å². The minimum Gasteiger partial charge on any atom is -0.480 e. The molecule has 0 atom stereocenters. The van der Waals surface area contributed by atoms with Crippen LogP contribution in [-0.4, -0.2) is 37.4 Å². The van der Waals surface area contributed by atoms with Crippen LogP contribution in [0, 0.1) is 6.92 Å². The number of carboxylic acid groups (broad SMARTS) is 1. The molecule has 2 N–H and O–H groups in total. The van der Waals surface area contributed by atoms with Gasteiger partial charge < -0.3 is 10.4 Å². The van der Waals surface area contributed by atoms with Crippen LogP contribution in [0.2, 0.25) is 0 Å². The average Bonchev–Trinajstić information content (AvgIpc) is 2.57. The van der Waals surface area contributed by atoms with E-state index < -0.39 is 5.97 Å². The Bertz CT molecular complexity index is 507. The van der Waals surface area contributed by atoms with E-state index in [1.807, 2.05) is 0 Å². The second-order valence-corrected chi connectivity index (χ2v) is 2.98. The molecule has 2 aromatic rings. The fourth-order valence-electron chi connectivity index (χ4n) is 1.16. The third-order valence-electron chi connectivity index (χ3n) is 1.84. The molecule has 0 aliphatic rings. The molecule has 15 heavy (non-hydrogen) atoms. The molecule has 0 aliphatic carbocycles. The molecule has 0 bridgehead atoms. The molecule has 0 saturated heterocycles. The maximum Gasteiger partial charge on any atom is 0.322 e. The number of hydrogen-bond acceptors (Lipinski definition) is 5. The minimum absolute atomic E-state index is 0.167. The predicted octanol–water partition coefficient (Wildman–Crippen LogP) is -0.0708. The third kappa shape index (κ3) is 1.85. The van der Waals surface area contributed by atoms with Crippen LogP contribution in [0.25, 0.3) is 5.65 Å². The lowest BCUT2D eigenvalue weighted by molar-refractivity contribution is -0.134. The van der Waals surface area contributed by atoms with Crippen LogP contribution in [0.4, 0.5) is 5.82 Å². The summed E-state index contributed by atoms with van der Waals surface area (Å²) in [5, 5.41) is 23.0. The van der Waals surface area contributed by atoms with Gasteiger partial charge in [-0.1, -0.05) is 0 Å². The summed E-state index contributed by atoms with van der Waals surface area (Å²) in [6, 6.07) is 3.38. The summed E-state index contributed by atoms with van der Waals surface area (Å²) < 4.78 is 1.55. The molecule has 0 aromatic carbocycles. The van der Waals surface area contributed by atoms with Crippen molar-refractivity contribution in [1.82, 2.24) is 19.8 Å². The van der Waals surface area contributed by atoms with E-state index in [1.165, 1.54) is 0 Å². The summed E-state index contributed by atoms with van der Waals surface area (Å²) in [7, 11) is 0. The summed E-state index contributed by atoms with van der Waals surface area (Å²) in [6.45, 7) is 1.60. The largest absolute Gasteiger partial charge is 0.480 e. The van der Waals surface area contributed by atoms with E-state index in [0.29, 0.717) is 17.3 Å². The van der Waals surface area contributed by atoms with Gasteiger partial charge in [0.05, 0.1) is 0 Å². The standard InChI is InChI=1S/C8H9N5O2/c1-5-10-11-7-3-2-6(12-13(5)7)9-4-8(14)15/h2-3H,4H2,1H3,(H,9,12)(H,14,15). The first-order valence-corrected chi connectivity index (χ1v) is 4.31. The molecule has 7 nitrogen and oxygen atoms in total. The molecule has 0 amide bonds. The summed E-state index contributed by atoms with van der Waals surface area (Å²) in [5.74, 6) is 0.203. The Balaban J connectivity index is 2.29. The van der Waals surface area contributed by atoms with Crippen molar-refractivity contribution in [1.29, 1.82) is 0 Å². The van der Waals surface area contributed by atoms with Crippen molar-refractivity contribution in [2.24, 2.45) is 0 Å². The molecular formula is C8H9N5O2. The zero-order chi connectivity index (χ0) is 10.8. The Morgan fingerprint density at radius 1 is 1.53 bits per heavy atom. The lowest BCUT2D eigenvalue weighted by Crippen LogP contribution is -2.14. The highest BCUT2D eigenvalue weighted by Gasteiger charge is 2.03. The second kappa shape index (κ2) is 3.52. The van der Waals surface area contributed by atoms with Gasteiger partial charge in [0, 0.05) is 0 Å². The number of nitrogens with zero attached hydrogens (tertiary/aromatic N) is 4. The molecule has 0 spiro atoms. The van der Waals surface area contributed by atoms with Gasteiger partial charge in [-0.2, -0.15) is 4.52 Å². The number of nitrogens with one attached hydrogen (secondary N) is 1. The van der Waals surface area contributed by atoms with E-state index in [2.05, 4.69) is 20.6 Å². The van der Waals surface area contributed by atoms with Crippen molar-refractivity contribution in [3.8, 4) is 0 Å². The van der Waals surface area contributed by atoms with Crippen LogP contribution in [0.3, 0.4) is 0 Å². The van der Waals surface area contributed by atoms with Crippen molar-refractivity contribution in [3.05, 3.63) is 18.0 Å². The van der Waals surface area contributed by atoms with Gasteiger partial charge in [0.15, 0.2) is 11.5 Å². The lowest BCUT2D eigenvalue weighted by atomic mass is 10.5. The van der Waals surface area contributed by atoms with Gasteiger partial charge in [-0.05, 0) is 19.1 Å². The number of anilines is 1. The predicted molar refractivity (Wildman–Crippen MR) is 51.6 cm³/mol. The summed E-state index contributed by atoms with van der Waals surface area (Å²) >= 11 is 0. The molecule has 2 aromatic heterocycles. The number of aromatic nitrogens is 4. The average molecular weight is 207 g/mol. The lowest BCUT2D eigenvalue weighted by Gasteiger charge is -2.02. The van der Waals surface area contributed by atoms with E-state index in [-0.39, 0.29) is 6.54 Å². The van der Waals surface area contributed by atoms with Crippen molar-refractivity contribution < 1.29 is 9.90 Å². The van der Waals surface area contributed by atoms with Crippen molar-refractivity contribution in [2.75, 3.05) is 11.9 Å². The normalized spacial score (nSPS) is 10.5. The number of fused-ring (bicyclic) bond motifs is 1. The topological polar surface area (TPSA) is 92.4 Å². The van der Waals surface area contributed by atoms with Gasteiger partial charge in [-0.25, -0.2) is 0 Å². The maximum absolute atomic E-state index is 10.3. The van der Waals surface area contributed by atoms with Crippen LogP contribution < -0.4 is 5.32 Å². The molecule has 0 fully saturated rings. The molecule has 2 rings (SSSR count). The first-order chi connectivity index (χ1) is 7.16. The van der Waals surface area contributed by atoms with Crippen molar-refractivity contribution in [2.45, 2.75) is 6.92 Å². The van der Waals surface area contributed by atoms with E-state index in [1.54, 1.807) is 23.6 Å². The van der Waals surface area contributed by atoms with Gasteiger partial charge in [-0.3, -0.25) is 4.79 Å². The second-order valence-electron chi connectivity index (χ2n) is 2.98. The van der Waals surface area contributed by atoms with Crippen LogP contribution in [0.1, 0.15) is 5.82 Å². The van der Waals surface area contributed by atoms with Gasteiger partial charge in [0.1, 0.15) is 12.4 Å². The molecule has 0 aliphatic heterocycles. The molecule has 2 heterocycles. The highest BCUT2D eigenvalue weighted by atomic mass is 16.4. The molecule has 78 valence electrons. The molecule has 0 unspecified atom stereocenters. The number of carboxylic acids is 1. The highest BCUT2D eigenvalue weighted by Crippen LogP contribution is 2.05. The highest BCUT2D eigenvalue weighted by molar-refractivity contribution is 5.72. The van der Waals surface area contributed by atoms with Crippen molar-refractivity contribution in [3.63, 3.8) is 0 Å². The zero-order valence-electron chi connectivity index (χ0n) is 8.01. The zero-order valence-corrected chi connectivity index (χ0v) is 8.01. The third-order valence-corrected chi connectivity index (χ3v) is 1.84. The van der Waals surface area contributed by atoms with Crippen molar-refractivity contribution >= 4 is 17.4 Å². The Morgan fingerprint density at radius 2 is 2.33 bits per heavy atom. The molecule has 0 saturated carbocycles. The van der Waals surface area contributed by atoms with E-state index in [4.69, 9.17) is 5.11 Å². The summed E-state index contributed by atoms with van der Waals surface area (Å²) in [6.07, 6.45) is 0. The Morgan fingerprint density at radius 3 is 3.07 bits per heavy atom. The monoisotopic (exact) mass is 207 g/mol. The number of hydrogen-bond donors (Lipinski definition) is 2. The van der Waals surface area contributed by atoms with Crippen LogP contribution >= 0.6 is 0 Å².